The summed E-state index contributed by atoms with van der Waals surface area (Å²) < 4.78 is 5.52. The van der Waals surface area contributed by atoms with Gasteiger partial charge in [0.1, 0.15) is 0 Å². The summed E-state index contributed by atoms with van der Waals surface area (Å²) >= 11 is 0. The van der Waals surface area contributed by atoms with Gasteiger partial charge in [0.15, 0.2) is 0 Å². The molecule has 0 radical (unpaired) electrons. The van der Waals surface area contributed by atoms with Crippen LogP contribution in [0.4, 0.5) is 0 Å². The van der Waals surface area contributed by atoms with E-state index in [0.717, 1.165) is 31.9 Å². The lowest BCUT2D eigenvalue weighted by Crippen LogP contribution is -2.55. The minimum absolute atomic E-state index is 0. The molecular formula is C18H31Cl2N3O2. The van der Waals surface area contributed by atoms with Gasteiger partial charge in [-0.2, -0.15) is 0 Å². The summed E-state index contributed by atoms with van der Waals surface area (Å²) in [6.45, 7) is 10.1. The molecule has 5 nitrogen and oxygen atoms in total. The van der Waals surface area contributed by atoms with Crippen LogP contribution in [0.1, 0.15) is 32.4 Å². The SMILES string of the molecule is CC(C(=O)NCCN1CCOCC1(C)C)C(N)c1ccccc1.Cl.Cl. The van der Waals surface area contributed by atoms with Gasteiger partial charge in [0.2, 0.25) is 5.91 Å². The molecule has 25 heavy (non-hydrogen) atoms. The first kappa shape index (κ1) is 24.1. The second-order valence-corrected chi connectivity index (χ2v) is 6.87. The van der Waals surface area contributed by atoms with Crippen molar-refractivity contribution < 1.29 is 9.53 Å². The van der Waals surface area contributed by atoms with E-state index in [0.29, 0.717) is 6.54 Å². The lowest BCUT2D eigenvalue weighted by molar-refractivity contribution is -0.125. The van der Waals surface area contributed by atoms with Crippen LogP contribution < -0.4 is 11.1 Å². The Labute approximate surface area is 163 Å². The van der Waals surface area contributed by atoms with Crippen LogP contribution in [0.15, 0.2) is 30.3 Å². The lowest BCUT2D eigenvalue weighted by Gasteiger charge is -2.42. The fourth-order valence-electron chi connectivity index (χ4n) is 2.91. The van der Waals surface area contributed by atoms with E-state index in [2.05, 4.69) is 24.1 Å². The Hall–Kier alpha value is -0.850. The first-order chi connectivity index (χ1) is 10.9. The zero-order valence-corrected chi connectivity index (χ0v) is 16.9. The van der Waals surface area contributed by atoms with E-state index in [1.165, 1.54) is 0 Å². The van der Waals surface area contributed by atoms with E-state index in [1.807, 2.05) is 37.3 Å². The summed E-state index contributed by atoms with van der Waals surface area (Å²) in [5.74, 6) is -0.248. The van der Waals surface area contributed by atoms with E-state index < -0.39 is 0 Å². The van der Waals surface area contributed by atoms with Gasteiger partial charge in [-0.1, -0.05) is 37.3 Å². The second-order valence-electron chi connectivity index (χ2n) is 6.87. The summed E-state index contributed by atoms with van der Waals surface area (Å²) in [4.78, 5) is 14.7. The Bertz CT molecular complexity index is 514. The highest BCUT2D eigenvalue weighted by Crippen LogP contribution is 2.20. The lowest BCUT2D eigenvalue weighted by atomic mass is 9.94. The Kier molecular flexibility index (Phi) is 10.6. The average molecular weight is 392 g/mol. The van der Waals surface area contributed by atoms with Crippen molar-refractivity contribution in [3.05, 3.63) is 35.9 Å². The average Bonchev–Trinajstić information content (AvgIpc) is 2.55. The van der Waals surface area contributed by atoms with Crippen LogP contribution in [0.25, 0.3) is 0 Å². The molecule has 0 aromatic heterocycles. The third-order valence-corrected chi connectivity index (χ3v) is 4.63. The van der Waals surface area contributed by atoms with Crippen LogP contribution >= 0.6 is 24.8 Å². The van der Waals surface area contributed by atoms with Crippen LogP contribution in [-0.2, 0) is 9.53 Å². The van der Waals surface area contributed by atoms with Crippen molar-refractivity contribution in [2.24, 2.45) is 11.7 Å². The number of hydrogen-bond donors (Lipinski definition) is 2. The summed E-state index contributed by atoms with van der Waals surface area (Å²) in [6.07, 6.45) is 0. The number of nitrogens with zero attached hydrogens (tertiary/aromatic N) is 1. The molecule has 1 heterocycles. The Balaban J connectivity index is 0.00000288. The van der Waals surface area contributed by atoms with Gasteiger partial charge in [0, 0.05) is 31.2 Å². The second kappa shape index (κ2) is 11.0. The van der Waals surface area contributed by atoms with Crippen LogP contribution in [0.3, 0.4) is 0 Å². The molecule has 1 fully saturated rings. The highest BCUT2D eigenvalue weighted by Gasteiger charge is 2.30. The van der Waals surface area contributed by atoms with Gasteiger partial charge >= 0.3 is 0 Å². The van der Waals surface area contributed by atoms with Crippen molar-refractivity contribution in [1.29, 1.82) is 0 Å². The fourth-order valence-corrected chi connectivity index (χ4v) is 2.91. The summed E-state index contributed by atoms with van der Waals surface area (Å²) in [5.41, 5.74) is 7.22. The quantitative estimate of drug-likeness (QED) is 0.780. The zero-order chi connectivity index (χ0) is 16.9. The van der Waals surface area contributed by atoms with E-state index in [-0.39, 0.29) is 48.2 Å². The number of nitrogens with one attached hydrogen (secondary N) is 1. The minimum Gasteiger partial charge on any atom is -0.378 e. The van der Waals surface area contributed by atoms with Crippen molar-refractivity contribution in [2.45, 2.75) is 32.4 Å². The third kappa shape index (κ3) is 6.76. The summed E-state index contributed by atoms with van der Waals surface area (Å²) in [5, 5.41) is 3.02. The van der Waals surface area contributed by atoms with Crippen LogP contribution in [-0.4, -0.2) is 49.2 Å². The van der Waals surface area contributed by atoms with Gasteiger partial charge in [0.05, 0.1) is 19.1 Å². The summed E-state index contributed by atoms with van der Waals surface area (Å²) in [6, 6.07) is 9.48. The molecule has 1 amide bonds. The number of benzene rings is 1. The highest BCUT2D eigenvalue weighted by molar-refractivity contribution is 5.85. The van der Waals surface area contributed by atoms with Crippen molar-refractivity contribution in [1.82, 2.24) is 10.2 Å². The van der Waals surface area contributed by atoms with Gasteiger partial charge < -0.3 is 15.8 Å². The van der Waals surface area contributed by atoms with Crippen molar-refractivity contribution >= 4 is 30.7 Å². The monoisotopic (exact) mass is 391 g/mol. The maximum atomic E-state index is 12.3. The molecule has 2 unspecified atom stereocenters. The Morgan fingerprint density at radius 1 is 1.32 bits per heavy atom. The molecule has 3 N–H and O–H groups in total. The largest absolute Gasteiger partial charge is 0.378 e. The van der Waals surface area contributed by atoms with Crippen molar-refractivity contribution in [2.75, 3.05) is 32.8 Å². The van der Waals surface area contributed by atoms with Crippen LogP contribution in [0.5, 0.6) is 0 Å². The molecule has 7 heteroatoms. The third-order valence-electron chi connectivity index (χ3n) is 4.63. The van der Waals surface area contributed by atoms with E-state index in [9.17, 15) is 4.79 Å². The molecular weight excluding hydrogens is 361 g/mol. The normalized spacial score (nSPS) is 19.0. The molecule has 1 saturated heterocycles. The fraction of sp³-hybridized carbons (Fsp3) is 0.611. The number of morpholine rings is 1. The zero-order valence-electron chi connectivity index (χ0n) is 15.2. The summed E-state index contributed by atoms with van der Waals surface area (Å²) in [7, 11) is 0. The molecule has 0 saturated carbocycles. The smallest absolute Gasteiger partial charge is 0.224 e. The first-order valence-electron chi connectivity index (χ1n) is 8.33. The molecule has 1 aliphatic rings. The van der Waals surface area contributed by atoms with E-state index in [4.69, 9.17) is 10.5 Å². The van der Waals surface area contributed by atoms with E-state index in [1.54, 1.807) is 0 Å². The molecule has 2 rings (SSSR count). The number of nitrogens with two attached hydrogens (primary N) is 1. The van der Waals surface area contributed by atoms with E-state index >= 15 is 0 Å². The minimum atomic E-state index is -0.281. The predicted molar refractivity (Wildman–Crippen MR) is 107 cm³/mol. The van der Waals surface area contributed by atoms with Gasteiger partial charge in [-0.15, -0.1) is 24.8 Å². The van der Waals surface area contributed by atoms with Crippen molar-refractivity contribution in [3.8, 4) is 0 Å². The molecule has 1 aromatic rings. The molecule has 0 aliphatic carbocycles. The molecule has 0 spiro atoms. The standard InChI is InChI=1S/C18H29N3O2.2ClH/c1-14(16(19)15-7-5-4-6-8-15)17(22)20-9-10-21-11-12-23-13-18(21,2)3;;/h4-8,14,16H,9-13,19H2,1-3H3,(H,20,22);2*1H. The van der Waals surface area contributed by atoms with Gasteiger partial charge in [-0.25, -0.2) is 0 Å². The number of hydrogen-bond acceptors (Lipinski definition) is 4. The molecule has 144 valence electrons. The highest BCUT2D eigenvalue weighted by atomic mass is 35.5. The predicted octanol–water partition coefficient (Wildman–Crippen LogP) is 2.39. The Morgan fingerprint density at radius 2 is 1.96 bits per heavy atom. The number of amides is 1. The number of rotatable bonds is 6. The number of ether oxygens (including phenoxy) is 1. The maximum absolute atomic E-state index is 12.3. The molecule has 1 aromatic carbocycles. The van der Waals surface area contributed by atoms with Gasteiger partial charge in [0.25, 0.3) is 0 Å². The molecule has 1 aliphatic heterocycles. The van der Waals surface area contributed by atoms with Gasteiger partial charge in [-0.3, -0.25) is 9.69 Å². The number of halogens is 2. The number of carbonyl (C=O) groups is 1. The first-order valence-corrected chi connectivity index (χ1v) is 8.33. The maximum Gasteiger partial charge on any atom is 0.224 e. The van der Waals surface area contributed by atoms with Crippen molar-refractivity contribution in [3.63, 3.8) is 0 Å². The topological polar surface area (TPSA) is 67.6 Å². The molecule has 0 bridgehead atoms. The van der Waals surface area contributed by atoms with Crippen LogP contribution in [0, 0.1) is 5.92 Å². The van der Waals surface area contributed by atoms with Crippen LogP contribution in [0.2, 0.25) is 0 Å². The number of carbonyl (C=O) groups excluding carboxylic acids is 1. The van der Waals surface area contributed by atoms with Gasteiger partial charge in [-0.05, 0) is 19.4 Å². The Morgan fingerprint density at radius 3 is 2.56 bits per heavy atom. The molecule has 2 atom stereocenters.